The van der Waals surface area contributed by atoms with Gasteiger partial charge in [-0.15, -0.1) is 11.3 Å². The average Bonchev–Trinajstić information content (AvgIpc) is 3.92. The molecule has 4 aromatic rings. The summed E-state index contributed by atoms with van der Waals surface area (Å²) in [5, 5.41) is 47.0. The van der Waals surface area contributed by atoms with Crippen molar-refractivity contribution in [3.05, 3.63) is 53.6 Å². The fraction of sp³-hybridized carbons (Fsp3) is 0.469. The van der Waals surface area contributed by atoms with Crippen molar-refractivity contribution in [2.45, 2.75) is 69.9 Å². The first-order chi connectivity index (χ1) is 24.9. The molecule has 0 aliphatic heterocycles. The summed E-state index contributed by atoms with van der Waals surface area (Å²) in [4.78, 5) is 43.6. The number of carbonyl (C=O) groups excluding carboxylic acids is 2. The van der Waals surface area contributed by atoms with E-state index in [-0.39, 0.29) is 54.5 Å². The molecule has 0 aromatic carbocycles. The van der Waals surface area contributed by atoms with Crippen LogP contribution in [0.4, 0.5) is 14.5 Å². The summed E-state index contributed by atoms with van der Waals surface area (Å²) in [5.74, 6) is -4.04. The van der Waals surface area contributed by atoms with Crippen molar-refractivity contribution in [2.24, 2.45) is 5.73 Å². The van der Waals surface area contributed by atoms with Gasteiger partial charge >= 0.3 is 11.9 Å². The smallest absolute Gasteiger partial charge is 0.308 e. The van der Waals surface area contributed by atoms with E-state index in [4.69, 9.17) is 35.6 Å². The van der Waals surface area contributed by atoms with Crippen molar-refractivity contribution in [3.8, 4) is 22.0 Å². The molecule has 52 heavy (non-hydrogen) atoms. The Bertz CT molecular complexity index is 1800. The van der Waals surface area contributed by atoms with Gasteiger partial charge in [-0.25, -0.2) is 19.0 Å². The zero-order chi connectivity index (χ0) is 37.8. The second-order valence-corrected chi connectivity index (χ2v) is 12.7. The molecular weight excluding hydrogens is 710 g/mol. The zero-order valence-corrected chi connectivity index (χ0v) is 29.0. The number of carboxylic acid groups (broad SMARTS) is 1. The van der Waals surface area contributed by atoms with Gasteiger partial charge in [0.15, 0.2) is 12.5 Å². The van der Waals surface area contributed by atoms with E-state index in [2.05, 4.69) is 25.5 Å². The number of rotatable bonds is 15. The summed E-state index contributed by atoms with van der Waals surface area (Å²) in [5.41, 5.74) is 4.40. The number of halogens is 2. The summed E-state index contributed by atoms with van der Waals surface area (Å²) in [7, 11) is 0. The number of aliphatic hydroxyl groups excluding tert-OH is 3. The molecule has 1 aliphatic carbocycles. The van der Waals surface area contributed by atoms with Crippen LogP contribution >= 0.6 is 11.3 Å². The molecule has 0 saturated heterocycles. The molecule has 20 heteroatoms. The molecule has 0 bridgehead atoms. The highest BCUT2D eigenvalue weighted by Gasteiger charge is 2.27. The van der Waals surface area contributed by atoms with Gasteiger partial charge in [-0.3, -0.25) is 19.1 Å². The number of hydrogen-bond acceptors (Lipinski definition) is 14. The molecule has 1 amide bonds. The molecule has 0 spiro atoms. The molecule has 0 unspecified atom stereocenters. The van der Waals surface area contributed by atoms with Crippen LogP contribution in [0.2, 0.25) is 0 Å². The number of nitrogens with one attached hydrogen (secondary N) is 1. The second-order valence-electron chi connectivity index (χ2n) is 11.9. The SMILES string of the molecule is CCOC1CCC(n2cc(NC(=O)c3csc(-c4cnn(COC(=O)CCC(=O)O)c4)n3)c(-c3nc(F)ccc3F)n2)CC1.NC(CO)(CO)CO. The summed E-state index contributed by atoms with van der Waals surface area (Å²) in [6.45, 7) is 1.16. The van der Waals surface area contributed by atoms with E-state index in [1.807, 2.05) is 6.92 Å². The minimum Gasteiger partial charge on any atom is -0.481 e. The van der Waals surface area contributed by atoms with Crippen LogP contribution in [-0.4, -0.2) is 106 Å². The van der Waals surface area contributed by atoms with E-state index in [0.717, 1.165) is 37.8 Å². The minimum absolute atomic E-state index is 0.00286. The molecule has 1 fully saturated rings. The van der Waals surface area contributed by atoms with Gasteiger partial charge < -0.3 is 41.0 Å². The lowest BCUT2D eigenvalue weighted by molar-refractivity contribution is -0.151. The number of pyridine rings is 1. The molecular formula is C32H40F2N8O9S. The van der Waals surface area contributed by atoms with E-state index in [9.17, 15) is 23.2 Å². The van der Waals surface area contributed by atoms with E-state index >= 15 is 0 Å². The van der Waals surface area contributed by atoms with Gasteiger partial charge in [-0.2, -0.15) is 14.6 Å². The first kappa shape index (κ1) is 40.0. The van der Waals surface area contributed by atoms with E-state index in [1.165, 1.54) is 27.6 Å². The molecule has 1 aliphatic rings. The number of aliphatic hydroxyl groups is 3. The monoisotopic (exact) mass is 750 g/mol. The Kier molecular flexibility index (Phi) is 14.4. The van der Waals surface area contributed by atoms with Crippen molar-refractivity contribution < 1.29 is 53.1 Å². The van der Waals surface area contributed by atoms with Crippen LogP contribution in [0.15, 0.2) is 36.1 Å². The zero-order valence-electron chi connectivity index (χ0n) is 28.2. The second kappa shape index (κ2) is 18.7. The average molecular weight is 751 g/mol. The van der Waals surface area contributed by atoms with Crippen LogP contribution in [0.1, 0.15) is 62.0 Å². The quantitative estimate of drug-likeness (QED) is 0.0754. The van der Waals surface area contributed by atoms with Crippen LogP contribution in [-0.2, 0) is 25.8 Å². The van der Waals surface area contributed by atoms with E-state index in [0.29, 0.717) is 17.2 Å². The number of hydrogen-bond donors (Lipinski definition) is 6. The number of ether oxygens (including phenoxy) is 2. The third-order valence-electron chi connectivity index (χ3n) is 7.90. The van der Waals surface area contributed by atoms with Crippen molar-refractivity contribution in [3.63, 3.8) is 0 Å². The molecule has 4 heterocycles. The Morgan fingerprint density at radius 3 is 2.38 bits per heavy atom. The Labute approximate surface area is 300 Å². The van der Waals surface area contributed by atoms with Gasteiger partial charge in [0.05, 0.1) is 62.2 Å². The van der Waals surface area contributed by atoms with Crippen molar-refractivity contribution in [1.82, 2.24) is 29.5 Å². The van der Waals surface area contributed by atoms with E-state index in [1.54, 1.807) is 17.1 Å². The summed E-state index contributed by atoms with van der Waals surface area (Å²) < 4.78 is 42.5. The number of carbonyl (C=O) groups is 3. The third kappa shape index (κ3) is 10.9. The Morgan fingerprint density at radius 2 is 1.75 bits per heavy atom. The van der Waals surface area contributed by atoms with Gasteiger partial charge in [0.25, 0.3) is 5.91 Å². The molecule has 5 rings (SSSR count). The predicted molar refractivity (Wildman–Crippen MR) is 181 cm³/mol. The molecule has 0 radical (unpaired) electrons. The molecule has 4 aromatic heterocycles. The number of amides is 1. The van der Waals surface area contributed by atoms with Crippen LogP contribution in [0, 0.1) is 11.8 Å². The lowest BCUT2D eigenvalue weighted by atomic mass is 9.93. The lowest BCUT2D eigenvalue weighted by Gasteiger charge is -2.28. The highest BCUT2D eigenvalue weighted by molar-refractivity contribution is 7.13. The molecule has 0 atom stereocenters. The van der Waals surface area contributed by atoms with Gasteiger partial charge in [0.2, 0.25) is 5.95 Å². The van der Waals surface area contributed by atoms with Crippen LogP contribution in [0.3, 0.4) is 0 Å². The third-order valence-corrected chi connectivity index (χ3v) is 8.79. The maximum absolute atomic E-state index is 14.8. The Morgan fingerprint density at radius 1 is 1.04 bits per heavy atom. The minimum atomic E-state index is -1.21. The lowest BCUT2D eigenvalue weighted by Crippen LogP contribution is -2.50. The molecule has 1 saturated carbocycles. The van der Waals surface area contributed by atoms with Crippen molar-refractivity contribution in [1.29, 1.82) is 0 Å². The van der Waals surface area contributed by atoms with E-state index < -0.39 is 55.0 Å². The van der Waals surface area contributed by atoms with Gasteiger partial charge in [-0.1, -0.05) is 0 Å². The van der Waals surface area contributed by atoms with Crippen molar-refractivity contribution >= 4 is 34.9 Å². The molecule has 17 nitrogen and oxygen atoms in total. The maximum atomic E-state index is 14.8. The predicted octanol–water partition coefficient (Wildman–Crippen LogP) is 2.34. The number of thiazole rings is 1. The molecule has 7 N–H and O–H groups in total. The normalized spacial score (nSPS) is 15.8. The highest BCUT2D eigenvalue weighted by atomic mass is 32.1. The largest absolute Gasteiger partial charge is 0.481 e. The fourth-order valence-corrected chi connectivity index (χ4v) is 5.73. The van der Waals surface area contributed by atoms with Gasteiger partial charge in [-0.05, 0) is 44.7 Å². The van der Waals surface area contributed by atoms with Gasteiger partial charge in [0, 0.05) is 29.9 Å². The number of esters is 1. The topological polar surface area (TPSA) is 250 Å². The van der Waals surface area contributed by atoms with Crippen molar-refractivity contribution in [2.75, 3.05) is 31.7 Å². The van der Waals surface area contributed by atoms with Crippen LogP contribution < -0.4 is 11.1 Å². The number of nitrogens with zero attached hydrogens (tertiary/aromatic N) is 6. The standard InChI is InChI=1S/C28H29F2N7O6S.C4H11NO3/c1-2-42-18-5-3-17(4-6-18)37-13-20(26(35-37)25-19(29)7-8-22(30)34-25)32-27(41)21-14-44-28(33-21)16-11-31-36(12-16)15-43-24(40)10-9-23(38)39;5-4(1-6,2-7)3-8/h7-8,11-14,17-18H,2-6,9-10,15H2,1H3,(H,32,41)(H,38,39);6-8H,1-3,5H2. The summed E-state index contributed by atoms with van der Waals surface area (Å²) in [6, 6.07) is 1.84. The number of aliphatic carboxylic acids is 1. The van der Waals surface area contributed by atoms with Crippen LogP contribution in [0.25, 0.3) is 22.0 Å². The Hall–Kier alpha value is -4.73. The summed E-state index contributed by atoms with van der Waals surface area (Å²) in [6.07, 6.45) is 7.40. The number of carboxylic acids is 1. The fourth-order valence-electron chi connectivity index (χ4n) is 4.95. The number of aromatic nitrogens is 6. The van der Waals surface area contributed by atoms with Gasteiger partial charge in [0.1, 0.15) is 22.1 Å². The molecule has 282 valence electrons. The number of nitrogens with two attached hydrogens (primary N) is 1. The Balaban J connectivity index is 0.000000677. The number of anilines is 1. The first-order valence-electron chi connectivity index (χ1n) is 16.2. The van der Waals surface area contributed by atoms with Crippen LogP contribution in [0.5, 0.6) is 0 Å². The maximum Gasteiger partial charge on any atom is 0.308 e. The highest BCUT2D eigenvalue weighted by Crippen LogP contribution is 2.34. The summed E-state index contributed by atoms with van der Waals surface area (Å²) >= 11 is 1.17. The first-order valence-corrected chi connectivity index (χ1v) is 17.1.